The number of fused-ring (bicyclic) bond motifs is 6. The fourth-order valence-electron chi connectivity index (χ4n) is 15.9. The molecule has 20 nitrogen and oxygen atoms in total. The summed E-state index contributed by atoms with van der Waals surface area (Å²) in [5.41, 5.74) is 47.5. The summed E-state index contributed by atoms with van der Waals surface area (Å²) in [5, 5.41) is 5.81. The second-order valence-corrected chi connectivity index (χ2v) is 32.9. The smallest absolute Gasteiger partial charge is 0.295 e. The number of aromatic nitrogens is 20. The van der Waals surface area contributed by atoms with E-state index in [1.165, 1.54) is 156 Å². The average Bonchev–Trinajstić information content (AvgIpc) is 1.38. The van der Waals surface area contributed by atoms with E-state index in [2.05, 4.69) is 280 Å². The molecule has 0 radical (unpaired) electrons. The van der Waals surface area contributed by atoms with Gasteiger partial charge in [0.15, 0.2) is 62.2 Å². The molecule has 0 fully saturated rings. The molecule has 0 saturated heterocycles. The quantitative estimate of drug-likeness (QED) is 0.133. The molecule has 14 aromatic rings. The predicted octanol–water partition coefficient (Wildman–Crippen LogP) is 15.6. The van der Waals surface area contributed by atoms with Gasteiger partial charge >= 0.3 is 5.65 Å². The van der Waals surface area contributed by atoms with Gasteiger partial charge in [-0.25, -0.2) is 62.3 Å². The lowest BCUT2D eigenvalue weighted by Gasteiger charge is -2.17. The van der Waals surface area contributed by atoms with Crippen LogP contribution in [0, 0.1) is 256 Å². The molecule has 0 atom stereocenters. The molecule has 3 aromatic carbocycles. The van der Waals surface area contributed by atoms with Gasteiger partial charge in [0.1, 0.15) is 73.8 Å². The third kappa shape index (κ3) is 17.5. The minimum Gasteiger partial charge on any atom is -0.295 e. The third-order valence-electron chi connectivity index (χ3n) is 26.8. The van der Waals surface area contributed by atoms with E-state index in [1.807, 2.05) is 137 Å². The van der Waals surface area contributed by atoms with Crippen LogP contribution in [-0.2, 0) is 70.5 Å². The van der Waals surface area contributed by atoms with Crippen LogP contribution in [0.1, 0.15) is 210 Å². The van der Waals surface area contributed by atoms with E-state index in [-0.39, 0.29) is 0 Å². The van der Waals surface area contributed by atoms with Gasteiger partial charge in [0.25, 0.3) is 17.1 Å². The van der Waals surface area contributed by atoms with Crippen LogP contribution in [0.25, 0.3) is 66.1 Å². The summed E-state index contributed by atoms with van der Waals surface area (Å²) in [7, 11) is 20.7. The van der Waals surface area contributed by atoms with Crippen molar-refractivity contribution < 1.29 is 32.0 Å². The molecule has 0 aliphatic carbocycles. The summed E-state index contributed by atoms with van der Waals surface area (Å²) in [4.78, 5) is 44.4. The van der Waals surface area contributed by atoms with Crippen LogP contribution < -0.4 is 32.0 Å². The molecule has 20 heteroatoms. The van der Waals surface area contributed by atoms with Crippen molar-refractivity contribution in [2.45, 2.75) is 256 Å². The standard InChI is InChI=1S/2C17H24N.C15H21N2.3C10H15N4.C9H15N2.C8H12N2/c2*1-9-10(2)12(4)17-15(7)18(8)14(6)13(5)16(17)11(9)3;1-8-9(2)11(4)15-14(10(8)3)16-12(5)13(6)17(15)7;1-6-9-10(12-8(3)13(6)4)14(5)7(2)11-9;1-6-9-10(13(4)7(2)11-6)14(5)8(3)12-9;1-6-9-10(12-7(2)11-6)14(5)8(3)13(9)4;1-6-8(3)11(5)9(4)7(2)10-6;1-5-6(2)9-8(4)10-7(5)3/h2*1-8H3;1-7H3;3*1-5H3;1-5H3;1-4H3/q7*+1;. The first kappa shape index (κ1) is 92.8. The van der Waals surface area contributed by atoms with Gasteiger partial charge in [0.2, 0.25) is 23.0 Å². The predicted molar refractivity (Wildman–Crippen MR) is 475 cm³/mol. The number of pyridine rings is 2. The summed E-state index contributed by atoms with van der Waals surface area (Å²) < 4.78 is 21.6. The third-order valence-corrected chi connectivity index (χ3v) is 26.8. The number of nitrogens with zero attached hydrogens (tertiary/aromatic N) is 20. The molecule has 0 aliphatic rings. The highest BCUT2D eigenvalue weighted by molar-refractivity contribution is 5.95. The van der Waals surface area contributed by atoms with Gasteiger partial charge in [-0.15, -0.1) is 4.98 Å². The molecule has 11 aromatic heterocycles. The summed E-state index contributed by atoms with van der Waals surface area (Å²) >= 11 is 0. The highest BCUT2D eigenvalue weighted by atomic mass is 15.2. The van der Waals surface area contributed by atoms with Crippen molar-refractivity contribution in [2.75, 3.05) is 0 Å². The van der Waals surface area contributed by atoms with Crippen molar-refractivity contribution in [3.63, 3.8) is 0 Å². The topological polar surface area (TPSA) is 171 Å². The first-order valence-corrected chi connectivity index (χ1v) is 40.7. The minimum atomic E-state index is 0.830. The highest BCUT2D eigenvalue weighted by Crippen LogP contribution is 2.35. The zero-order valence-corrected chi connectivity index (χ0v) is 80.4. The Morgan fingerprint density at radius 2 is 0.586 bits per heavy atom. The van der Waals surface area contributed by atoms with Crippen LogP contribution in [0.3, 0.4) is 0 Å². The lowest BCUT2D eigenvalue weighted by molar-refractivity contribution is -0.685. The first-order valence-electron chi connectivity index (χ1n) is 40.7. The molecule has 0 saturated carbocycles. The van der Waals surface area contributed by atoms with Crippen LogP contribution in [0.2, 0.25) is 0 Å². The van der Waals surface area contributed by atoms with E-state index in [9.17, 15) is 0 Å². The van der Waals surface area contributed by atoms with E-state index in [1.54, 1.807) is 0 Å². The Hall–Kier alpha value is -10.4. The molecular formula is C96H141N20+7. The lowest BCUT2D eigenvalue weighted by Crippen LogP contribution is -2.38. The number of rotatable bonds is 0. The van der Waals surface area contributed by atoms with Gasteiger partial charge in [-0.2, -0.15) is 9.13 Å². The highest BCUT2D eigenvalue weighted by Gasteiger charge is 2.27. The maximum absolute atomic E-state index is 4.78. The normalized spacial score (nSPS) is 11.1. The van der Waals surface area contributed by atoms with Crippen LogP contribution in [0.15, 0.2) is 0 Å². The zero-order chi connectivity index (χ0) is 88.1. The number of hydrogen-bond acceptors (Lipinski definition) is 10. The van der Waals surface area contributed by atoms with Gasteiger partial charge in [0.05, 0.1) is 51.7 Å². The van der Waals surface area contributed by atoms with Crippen molar-refractivity contribution in [2.24, 2.45) is 70.5 Å². The van der Waals surface area contributed by atoms with Crippen molar-refractivity contribution >= 4 is 66.1 Å². The number of benzene rings is 3. The Balaban J connectivity index is 0.000000185. The molecule has 0 bridgehead atoms. The van der Waals surface area contributed by atoms with Crippen molar-refractivity contribution in [3.05, 3.63) is 210 Å². The molecule has 618 valence electrons. The largest absolute Gasteiger partial charge is 0.305 e. The fraction of sp³-hybridized carbons (Fsp3) is 0.490. The fourth-order valence-corrected chi connectivity index (χ4v) is 15.9. The zero-order valence-electron chi connectivity index (χ0n) is 80.4. The Kier molecular flexibility index (Phi) is 28.8. The maximum Gasteiger partial charge on any atom is 0.305 e. The van der Waals surface area contributed by atoms with Crippen LogP contribution in [-0.4, -0.2) is 63.5 Å². The number of imidazole rings is 3. The summed E-state index contributed by atoms with van der Waals surface area (Å²) in [6.45, 7) is 78.7. The molecule has 0 amide bonds. The summed E-state index contributed by atoms with van der Waals surface area (Å²) in [6.07, 6.45) is 0. The summed E-state index contributed by atoms with van der Waals surface area (Å²) in [5.74, 6) is 6.92. The van der Waals surface area contributed by atoms with E-state index in [4.69, 9.17) is 4.98 Å². The Morgan fingerprint density at radius 1 is 0.216 bits per heavy atom. The van der Waals surface area contributed by atoms with Gasteiger partial charge in [-0.3, -0.25) is 9.13 Å². The van der Waals surface area contributed by atoms with Gasteiger partial charge in [-0.05, 0) is 238 Å². The van der Waals surface area contributed by atoms with Crippen LogP contribution in [0.4, 0.5) is 0 Å². The molecule has 116 heavy (non-hydrogen) atoms. The van der Waals surface area contributed by atoms with E-state index >= 15 is 0 Å². The number of aryl methyl sites for hydroxylation is 30. The first-order chi connectivity index (χ1) is 53.6. The minimum absolute atomic E-state index is 0.830. The molecule has 0 aliphatic heterocycles. The van der Waals surface area contributed by atoms with Crippen molar-refractivity contribution in [3.8, 4) is 0 Å². The molecule has 11 heterocycles. The summed E-state index contributed by atoms with van der Waals surface area (Å²) in [6, 6.07) is 0. The van der Waals surface area contributed by atoms with Gasteiger partial charge < -0.3 is 0 Å². The lowest BCUT2D eigenvalue weighted by atomic mass is 9.88. The van der Waals surface area contributed by atoms with E-state index < -0.39 is 0 Å². The molecule has 0 spiro atoms. The maximum atomic E-state index is 4.78. The van der Waals surface area contributed by atoms with E-state index in [0.29, 0.717) is 0 Å². The number of hydrogen-bond donors (Lipinski definition) is 0. The Bertz CT molecular complexity index is 5870. The SMILES string of the molecule is Cc1c(C)c(C)c2c(C)[n+](C)c(C)c(C)c2c1C.Cc1c(C)c(C)c2c(C)[n+](C)c(C)c(C)c2c1C.Cc1nc(C)[n+](C)c2c1nc(C)n2C.Cc1nc(C)c(C)[n+](C)c1C.Cc1nc(C)c(C)c(C)n1.Cc1nc(C)c2c(n1)[n+](C)c(C)n2C.Cc1nc2c(C)[n+](C)c(C)nc2n1C.Cc1nc2c(C)c(C)c(C)c(C)c2[n+](C)c1C. The van der Waals surface area contributed by atoms with Crippen molar-refractivity contribution in [1.82, 2.24) is 63.5 Å². The van der Waals surface area contributed by atoms with Crippen molar-refractivity contribution in [1.29, 1.82) is 0 Å². The molecule has 0 unspecified atom stereocenters. The van der Waals surface area contributed by atoms with Crippen LogP contribution in [0.5, 0.6) is 0 Å². The second-order valence-electron chi connectivity index (χ2n) is 32.9. The monoisotopic (exact) mass is 1570 g/mol. The second kappa shape index (κ2) is 36.0. The molecule has 14 rings (SSSR count). The van der Waals surface area contributed by atoms with Gasteiger partial charge in [0, 0.05) is 136 Å². The molecule has 0 N–H and O–H groups in total. The Morgan fingerprint density at radius 3 is 1.05 bits per heavy atom. The molecular weight excluding hydrogens is 1430 g/mol. The van der Waals surface area contributed by atoms with Crippen LogP contribution >= 0.6 is 0 Å². The average molecular weight is 1580 g/mol. The van der Waals surface area contributed by atoms with E-state index in [0.717, 1.165) is 120 Å². The van der Waals surface area contributed by atoms with Gasteiger partial charge in [-0.1, -0.05) is 4.98 Å². The Labute approximate surface area is 694 Å².